The van der Waals surface area contributed by atoms with E-state index in [9.17, 15) is 9.59 Å². The largest absolute Gasteiger partial charge is 0.343 e. The van der Waals surface area contributed by atoms with E-state index in [0.29, 0.717) is 5.56 Å². The van der Waals surface area contributed by atoms with Gasteiger partial charge in [-0.15, -0.1) is 0 Å². The lowest BCUT2D eigenvalue weighted by Crippen LogP contribution is -2.38. The Morgan fingerprint density at radius 2 is 1.96 bits per heavy atom. The summed E-state index contributed by atoms with van der Waals surface area (Å²) in [5, 5.41) is 9.99. The van der Waals surface area contributed by atoms with Crippen LogP contribution in [-0.2, 0) is 4.79 Å². The highest BCUT2D eigenvalue weighted by Crippen LogP contribution is 2.21. The predicted octanol–water partition coefficient (Wildman–Crippen LogP) is 2.49. The second-order valence-electron chi connectivity index (χ2n) is 5.29. The molecule has 1 fully saturated rings. The van der Waals surface area contributed by atoms with E-state index in [1.165, 1.54) is 0 Å². The van der Waals surface area contributed by atoms with Crippen LogP contribution < -0.4 is 5.32 Å². The number of hydrogen-bond donors (Lipinski definition) is 1. The van der Waals surface area contributed by atoms with E-state index in [1.807, 2.05) is 18.2 Å². The van der Waals surface area contributed by atoms with Crippen LogP contribution in [0.25, 0.3) is 10.9 Å². The molecule has 7 heteroatoms. The number of hydrogen-bond acceptors (Lipinski definition) is 4. The third-order valence-corrected chi connectivity index (χ3v) is 4.30. The molecule has 0 spiro atoms. The number of benzene rings is 1. The van der Waals surface area contributed by atoms with Crippen molar-refractivity contribution in [1.82, 2.24) is 15.2 Å². The lowest BCUT2D eigenvalue weighted by molar-refractivity contribution is -0.129. The fourth-order valence-corrected chi connectivity index (χ4v) is 3.00. The maximum atomic E-state index is 12.3. The molecule has 2 amide bonds. The first kappa shape index (κ1) is 17.9. The monoisotopic (exact) mass is 388 g/mol. The first-order chi connectivity index (χ1) is 11.6. The molecule has 1 aliphatic rings. The van der Waals surface area contributed by atoms with Crippen LogP contribution in [0.3, 0.4) is 0 Å². The average molecular weight is 389 g/mol. The van der Waals surface area contributed by atoms with Gasteiger partial charge in [-0.1, -0.05) is 22.0 Å². The molecule has 3 rings (SSSR count). The number of carbonyl (C=O) groups excluding carboxylic acids is 2. The number of fused-ring (bicyclic) bond motifs is 1. The van der Waals surface area contributed by atoms with Crippen molar-refractivity contribution in [2.45, 2.75) is 12.8 Å². The number of likely N-dealkylation sites (tertiary alicyclic amines) is 1. The fraction of sp³-hybridized carbons (Fsp3) is 0.294. The normalized spacial score (nSPS) is 13.2. The molecule has 0 atom stereocenters. The minimum Gasteiger partial charge on any atom is -0.343 e. The fourth-order valence-electron chi connectivity index (χ4n) is 2.65. The lowest BCUT2D eigenvalue weighted by atomic mass is 10.1. The van der Waals surface area contributed by atoms with Gasteiger partial charge in [-0.3, -0.25) is 14.6 Å². The molecule has 0 unspecified atom stereocenters. The zero-order valence-electron chi connectivity index (χ0n) is 13.0. The summed E-state index contributed by atoms with van der Waals surface area (Å²) in [5.41, 5.74) is 1.28. The number of pyridine rings is 1. The minimum absolute atomic E-state index is 0.0213. The van der Waals surface area contributed by atoms with Crippen LogP contribution in [0, 0.1) is 11.8 Å². The van der Waals surface area contributed by atoms with Gasteiger partial charge in [0.05, 0.1) is 17.6 Å². The van der Waals surface area contributed by atoms with Crippen molar-refractivity contribution < 1.29 is 9.59 Å². The van der Waals surface area contributed by atoms with Crippen molar-refractivity contribution >= 4 is 38.6 Å². The molecule has 1 saturated heterocycles. The van der Waals surface area contributed by atoms with E-state index in [2.05, 4.69) is 32.8 Å². The summed E-state index contributed by atoms with van der Waals surface area (Å²) in [6.07, 6.45) is 3.69. The number of halogens is 1. The average Bonchev–Trinajstić information content (AvgIpc) is 3.15. The van der Waals surface area contributed by atoms with Gasteiger partial charge in [-0.05, 0) is 31.0 Å². The van der Waals surface area contributed by atoms with E-state index in [1.54, 1.807) is 17.2 Å². The molecule has 0 bridgehead atoms. The van der Waals surface area contributed by atoms with Crippen molar-refractivity contribution in [2.75, 3.05) is 19.6 Å². The van der Waals surface area contributed by atoms with Gasteiger partial charge < -0.3 is 10.2 Å². The molecule has 24 heavy (non-hydrogen) atoms. The number of nitriles is 1. The molecule has 1 N–H and O–H groups in total. The maximum Gasteiger partial charge on any atom is 0.252 e. The van der Waals surface area contributed by atoms with Crippen LogP contribution in [0.15, 0.2) is 34.9 Å². The predicted molar refractivity (Wildman–Crippen MR) is 94.3 cm³/mol. The molecule has 1 aromatic carbocycles. The van der Waals surface area contributed by atoms with Gasteiger partial charge in [-0.25, -0.2) is 5.26 Å². The highest BCUT2D eigenvalue weighted by Gasteiger charge is 2.19. The van der Waals surface area contributed by atoms with Gasteiger partial charge in [0, 0.05) is 35.7 Å². The highest BCUT2D eigenvalue weighted by atomic mass is 79.9. The van der Waals surface area contributed by atoms with E-state index >= 15 is 0 Å². The Bertz CT molecular complexity index is 770. The van der Waals surface area contributed by atoms with Gasteiger partial charge in [0.1, 0.15) is 0 Å². The molecule has 2 aromatic rings. The van der Waals surface area contributed by atoms with Crippen molar-refractivity contribution in [3.8, 4) is 6.57 Å². The van der Waals surface area contributed by atoms with Crippen LogP contribution in [-0.4, -0.2) is 41.3 Å². The molecule has 1 aliphatic heterocycles. The van der Waals surface area contributed by atoms with Crippen molar-refractivity contribution in [3.63, 3.8) is 0 Å². The number of aromatic nitrogens is 1. The first-order valence-corrected chi connectivity index (χ1v) is 8.30. The summed E-state index contributed by atoms with van der Waals surface area (Å²) in [5.74, 6) is -0.269. The van der Waals surface area contributed by atoms with Crippen molar-refractivity contribution in [1.29, 1.82) is 5.26 Å². The molecule has 124 valence electrons. The second-order valence-corrected chi connectivity index (χ2v) is 6.21. The van der Waals surface area contributed by atoms with Crippen molar-refractivity contribution in [3.05, 3.63) is 40.5 Å². The molecule has 0 aliphatic carbocycles. The van der Waals surface area contributed by atoms with E-state index < -0.39 is 0 Å². The quantitative estimate of drug-likeness (QED) is 0.874. The Labute approximate surface area is 148 Å². The maximum absolute atomic E-state index is 12.3. The second kappa shape index (κ2) is 8.41. The number of rotatable bonds is 3. The number of carbonyl (C=O) groups is 2. The molecule has 0 radical (unpaired) electrons. The molecular weight excluding hydrogens is 372 g/mol. The van der Waals surface area contributed by atoms with Crippen LogP contribution in [0.5, 0.6) is 0 Å². The van der Waals surface area contributed by atoms with Gasteiger partial charge in [-0.2, -0.15) is 0 Å². The molecular formula is C17H17BrN4O2. The third-order valence-electron chi connectivity index (χ3n) is 3.81. The first-order valence-electron chi connectivity index (χ1n) is 7.51. The zero-order chi connectivity index (χ0) is 17.5. The standard InChI is InChI=1S/C16H16BrN3O2.CHN/c17-11-3-4-12-13(5-6-18-14(12)9-11)16(22)19-10-15(21)20-7-1-2-8-20;1-2/h3-6,9H,1-2,7-8,10H2,(H,19,22);1H. The zero-order valence-corrected chi connectivity index (χ0v) is 14.6. The Hall–Kier alpha value is -2.46. The van der Waals surface area contributed by atoms with Crippen LogP contribution in [0.2, 0.25) is 0 Å². The minimum atomic E-state index is -0.248. The van der Waals surface area contributed by atoms with Crippen LogP contribution >= 0.6 is 15.9 Å². The Kier molecular flexibility index (Phi) is 6.27. The number of amides is 2. The molecule has 2 heterocycles. The lowest BCUT2D eigenvalue weighted by Gasteiger charge is -2.15. The van der Waals surface area contributed by atoms with Gasteiger partial charge in [0.15, 0.2) is 0 Å². The Balaban J connectivity index is 0.00000100. The Morgan fingerprint density at radius 1 is 1.25 bits per heavy atom. The summed E-state index contributed by atoms with van der Waals surface area (Å²) < 4.78 is 0.911. The number of nitrogens with one attached hydrogen (secondary N) is 1. The summed E-state index contributed by atoms with van der Waals surface area (Å²) in [6, 6.07) is 7.26. The van der Waals surface area contributed by atoms with Crippen molar-refractivity contribution in [2.24, 2.45) is 0 Å². The van der Waals surface area contributed by atoms with E-state index in [0.717, 1.165) is 41.3 Å². The van der Waals surface area contributed by atoms with Crippen LogP contribution in [0.1, 0.15) is 23.2 Å². The molecule has 1 aromatic heterocycles. The van der Waals surface area contributed by atoms with Gasteiger partial charge in [0.25, 0.3) is 5.91 Å². The molecule has 0 saturated carbocycles. The summed E-state index contributed by atoms with van der Waals surface area (Å²) >= 11 is 3.39. The summed E-state index contributed by atoms with van der Waals surface area (Å²) in [7, 11) is 0. The van der Waals surface area contributed by atoms with Crippen LogP contribution in [0.4, 0.5) is 0 Å². The highest BCUT2D eigenvalue weighted by molar-refractivity contribution is 9.10. The van der Waals surface area contributed by atoms with Gasteiger partial charge in [0.2, 0.25) is 5.91 Å². The topological polar surface area (TPSA) is 86.1 Å². The SMILES string of the molecule is C#N.O=C(NCC(=O)N1CCCC1)c1ccnc2cc(Br)ccc12. The summed E-state index contributed by atoms with van der Waals surface area (Å²) in [6.45, 7) is 5.13. The Morgan fingerprint density at radius 3 is 2.67 bits per heavy atom. The number of nitrogens with zero attached hydrogens (tertiary/aromatic N) is 3. The van der Waals surface area contributed by atoms with E-state index in [4.69, 9.17) is 5.26 Å². The third kappa shape index (κ3) is 4.09. The molecule has 6 nitrogen and oxygen atoms in total. The van der Waals surface area contributed by atoms with E-state index in [-0.39, 0.29) is 18.4 Å². The van der Waals surface area contributed by atoms with Gasteiger partial charge >= 0.3 is 0 Å². The summed E-state index contributed by atoms with van der Waals surface area (Å²) in [4.78, 5) is 30.4. The smallest absolute Gasteiger partial charge is 0.252 e.